The number of rotatable bonds is 3. The highest BCUT2D eigenvalue weighted by molar-refractivity contribution is 5.75. The lowest BCUT2D eigenvalue weighted by Gasteiger charge is -2.28. The van der Waals surface area contributed by atoms with Crippen LogP contribution in [0.1, 0.15) is 77.8 Å². The van der Waals surface area contributed by atoms with Crippen molar-refractivity contribution in [3.8, 4) is 0 Å². The van der Waals surface area contributed by atoms with Crippen LogP contribution in [0, 0.1) is 0 Å². The normalized spacial score (nSPS) is 21.9. The summed E-state index contributed by atoms with van der Waals surface area (Å²) in [6.45, 7) is 7.50. The van der Waals surface area contributed by atoms with Gasteiger partial charge in [0.15, 0.2) is 0 Å². The smallest absolute Gasteiger partial charge is 0.317 e. The Morgan fingerprint density at radius 2 is 1.81 bits per heavy atom. The molecule has 0 radical (unpaired) electrons. The molecule has 1 aromatic heterocycles. The van der Waals surface area contributed by atoms with Crippen LogP contribution in [0.2, 0.25) is 0 Å². The SMILES string of the molecule is CC(C)(C)c1ccc(=O)n(CC2CCCN2C(=O)NC2CCCCCC2)n1. The van der Waals surface area contributed by atoms with Crippen LogP contribution >= 0.6 is 0 Å². The second-order valence-electron chi connectivity index (χ2n) is 9.12. The van der Waals surface area contributed by atoms with E-state index in [0.29, 0.717) is 12.6 Å². The Bertz CT molecular complexity index is 699. The molecule has 1 unspecified atom stereocenters. The summed E-state index contributed by atoms with van der Waals surface area (Å²) in [5.41, 5.74) is 0.690. The third-order valence-corrected chi connectivity index (χ3v) is 5.84. The fourth-order valence-corrected chi connectivity index (χ4v) is 4.15. The quantitative estimate of drug-likeness (QED) is 0.824. The van der Waals surface area contributed by atoms with E-state index in [1.807, 2.05) is 11.0 Å². The summed E-state index contributed by atoms with van der Waals surface area (Å²) in [7, 11) is 0. The molecule has 1 aliphatic heterocycles. The van der Waals surface area contributed by atoms with E-state index in [1.165, 1.54) is 25.7 Å². The topological polar surface area (TPSA) is 67.2 Å². The number of carbonyl (C=O) groups excluding carboxylic acids is 1. The molecule has 6 heteroatoms. The molecule has 1 saturated carbocycles. The predicted molar refractivity (Wildman–Crippen MR) is 107 cm³/mol. The first-order valence-electron chi connectivity index (χ1n) is 10.5. The van der Waals surface area contributed by atoms with Crippen molar-refractivity contribution in [1.29, 1.82) is 0 Å². The average Bonchev–Trinajstić information content (AvgIpc) is 2.92. The highest BCUT2D eigenvalue weighted by Gasteiger charge is 2.31. The largest absolute Gasteiger partial charge is 0.335 e. The summed E-state index contributed by atoms with van der Waals surface area (Å²) in [5.74, 6) is 0. The van der Waals surface area contributed by atoms with Crippen LogP contribution in [0.4, 0.5) is 4.79 Å². The summed E-state index contributed by atoms with van der Waals surface area (Å²) < 4.78 is 1.54. The molecule has 1 saturated heterocycles. The summed E-state index contributed by atoms with van der Waals surface area (Å²) in [6, 6.07) is 3.77. The van der Waals surface area contributed by atoms with E-state index < -0.39 is 0 Å². The molecule has 27 heavy (non-hydrogen) atoms. The Kier molecular flexibility index (Phi) is 6.22. The van der Waals surface area contributed by atoms with Crippen molar-refractivity contribution < 1.29 is 4.79 Å². The molecular formula is C21H34N4O2. The average molecular weight is 375 g/mol. The Morgan fingerprint density at radius 3 is 2.48 bits per heavy atom. The molecule has 3 rings (SSSR count). The molecular weight excluding hydrogens is 340 g/mol. The lowest BCUT2D eigenvalue weighted by Crippen LogP contribution is -2.48. The Morgan fingerprint density at radius 1 is 1.11 bits per heavy atom. The first-order valence-corrected chi connectivity index (χ1v) is 10.5. The van der Waals surface area contributed by atoms with Crippen molar-refractivity contribution in [3.05, 3.63) is 28.2 Å². The molecule has 2 fully saturated rings. The van der Waals surface area contributed by atoms with E-state index >= 15 is 0 Å². The molecule has 1 N–H and O–H groups in total. The fourth-order valence-electron chi connectivity index (χ4n) is 4.15. The number of likely N-dealkylation sites (tertiary alicyclic amines) is 1. The fraction of sp³-hybridized carbons (Fsp3) is 0.762. The number of hydrogen-bond acceptors (Lipinski definition) is 3. The van der Waals surface area contributed by atoms with Gasteiger partial charge in [0, 0.05) is 24.1 Å². The van der Waals surface area contributed by atoms with Crippen LogP contribution in [0.15, 0.2) is 16.9 Å². The van der Waals surface area contributed by atoms with E-state index in [2.05, 4.69) is 31.2 Å². The van der Waals surface area contributed by atoms with Gasteiger partial charge in [0.05, 0.1) is 18.3 Å². The minimum Gasteiger partial charge on any atom is -0.335 e. The molecule has 0 aromatic carbocycles. The van der Waals surface area contributed by atoms with E-state index in [-0.39, 0.29) is 23.0 Å². The first-order chi connectivity index (χ1) is 12.8. The van der Waals surface area contributed by atoms with Crippen LogP contribution in [-0.4, -0.2) is 39.3 Å². The zero-order valence-corrected chi connectivity index (χ0v) is 17.0. The summed E-state index contributed by atoms with van der Waals surface area (Å²) in [4.78, 5) is 27.1. The van der Waals surface area contributed by atoms with Gasteiger partial charge in [-0.2, -0.15) is 5.10 Å². The van der Waals surface area contributed by atoms with Gasteiger partial charge in [-0.05, 0) is 31.7 Å². The zero-order valence-electron chi connectivity index (χ0n) is 17.0. The van der Waals surface area contributed by atoms with Gasteiger partial charge in [-0.15, -0.1) is 0 Å². The summed E-state index contributed by atoms with van der Waals surface area (Å²) in [6.07, 6.45) is 9.02. The summed E-state index contributed by atoms with van der Waals surface area (Å²) in [5, 5.41) is 7.82. The first kappa shape index (κ1) is 19.9. The van der Waals surface area contributed by atoms with Crippen molar-refractivity contribution in [3.63, 3.8) is 0 Å². The molecule has 0 spiro atoms. The third kappa shape index (κ3) is 5.11. The number of carbonyl (C=O) groups is 1. The maximum absolute atomic E-state index is 12.8. The summed E-state index contributed by atoms with van der Waals surface area (Å²) >= 11 is 0. The second kappa shape index (κ2) is 8.44. The number of nitrogens with one attached hydrogen (secondary N) is 1. The lowest BCUT2D eigenvalue weighted by atomic mass is 9.92. The number of amides is 2. The third-order valence-electron chi connectivity index (χ3n) is 5.84. The molecule has 1 aliphatic carbocycles. The Labute approximate surface area is 162 Å². The highest BCUT2D eigenvalue weighted by Crippen LogP contribution is 2.22. The van der Waals surface area contributed by atoms with Gasteiger partial charge in [0.25, 0.3) is 5.56 Å². The maximum atomic E-state index is 12.8. The Hall–Kier alpha value is -1.85. The van der Waals surface area contributed by atoms with Crippen LogP contribution in [0.3, 0.4) is 0 Å². The zero-order chi connectivity index (χ0) is 19.4. The molecule has 1 atom stereocenters. The van der Waals surface area contributed by atoms with E-state index in [0.717, 1.165) is 37.9 Å². The van der Waals surface area contributed by atoms with E-state index in [1.54, 1.807) is 10.7 Å². The van der Waals surface area contributed by atoms with Gasteiger partial charge in [-0.1, -0.05) is 46.5 Å². The van der Waals surface area contributed by atoms with Gasteiger partial charge in [-0.25, -0.2) is 9.48 Å². The number of aromatic nitrogens is 2. The minimum absolute atomic E-state index is 0.0319. The van der Waals surface area contributed by atoms with E-state index in [4.69, 9.17) is 0 Å². The van der Waals surface area contributed by atoms with E-state index in [9.17, 15) is 9.59 Å². The molecule has 150 valence electrons. The Balaban J connectivity index is 1.67. The molecule has 2 amide bonds. The van der Waals surface area contributed by atoms with Gasteiger partial charge in [-0.3, -0.25) is 4.79 Å². The van der Waals surface area contributed by atoms with Crippen molar-refractivity contribution in [2.75, 3.05) is 6.54 Å². The van der Waals surface area contributed by atoms with Gasteiger partial charge < -0.3 is 10.2 Å². The maximum Gasteiger partial charge on any atom is 0.317 e. The van der Waals surface area contributed by atoms with Gasteiger partial charge in [0.2, 0.25) is 0 Å². The van der Waals surface area contributed by atoms with Gasteiger partial charge >= 0.3 is 6.03 Å². The standard InChI is InChI=1S/C21H34N4O2/c1-21(2,3)18-12-13-19(26)25(23-18)15-17-11-8-14-24(17)20(27)22-16-9-6-4-5-7-10-16/h12-13,16-17H,4-11,14-15H2,1-3H3,(H,22,27). The molecule has 0 bridgehead atoms. The monoisotopic (exact) mass is 374 g/mol. The number of nitrogens with zero attached hydrogens (tertiary/aromatic N) is 3. The lowest BCUT2D eigenvalue weighted by molar-refractivity contribution is 0.180. The number of urea groups is 1. The number of hydrogen-bond donors (Lipinski definition) is 1. The second-order valence-corrected chi connectivity index (χ2v) is 9.12. The van der Waals surface area contributed by atoms with Crippen molar-refractivity contribution in [2.45, 2.75) is 96.2 Å². The van der Waals surface area contributed by atoms with Crippen LogP contribution in [0.5, 0.6) is 0 Å². The van der Waals surface area contributed by atoms with Crippen LogP contribution < -0.4 is 10.9 Å². The van der Waals surface area contributed by atoms with Gasteiger partial charge in [0.1, 0.15) is 0 Å². The van der Waals surface area contributed by atoms with Crippen LogP contribution in [-0.2, 0) is 12.0 Å². The van der Waals surface area contributed by atoms with Crippen molar-refractivity contribution >= 4 is 6.03 Å². The highest BCUT2D eigenvalue weighted by atomic mass is 16.2. The predicted octanol–water partition coefficient (Wildman–Crippen LogP) is 3.44. The molecule has 1 aromatic rings. The van der Waals surface area contributed by atoms with Crippen molar-refractivity contribution in [1.82, 2.24) is 20.0 Å². The molecule has 2 heterocycles. The molecule has 2 aliphatic rings. The van der Waals surface area contributed by atoms with Crippen LogP contribution in [0.25, 0.3) is 0 Å². The molecule has 6 nitrogen and oxygen atoms in total. The van der Waals surface area contributed by atoms with Crippen molar-refractivity contribution in [2.24, 2.45) is 0 Å². The minimum atomic E-state index is -0.109.